The molecular weight excluding hydrogens is 402 g/mol. The van der Waals surface area contributed by atoms with Crippen LogP contribution >= 0.6 is 0 Å². The van der Waals surface area contributed by atoms with Gasteiger partial charge >= 0.3 is 0 Å². The fraction of sp³-hybridized carbons (Fsp3) is 0.318. The van der Waals surface area contributed by atoms with Crippen molar-refractivity contribution in [1.82, 2.24) is 15.5 Å². The summed E-state index contributed by atoms with van der Waals surface area (Å²) in [4.78, 5) is 17.3. The monoisotopic (exact) mass is 427 g/mol. The van der Waals surface area contributed by atoms with E-state index in [2.05, 4.69) is 15.5 Å². The number of amides is 1. The number of methoxy groups -OCH3 is 1. The molecule has 2 aromatic carbocycles. The second kappa shape index (κ2) is 10.7. The number of unbranched alkanes of at least 4 members (excludes halogenated alkanes) is 2. The van der Waals surface area contributed by atoms with Gasteiger partial charge in [0.25, 0.3) is 5.91 Å². The lowest BCUT2D eigenvalue weighted by Crippen LogP contribution is -2.25. The van der Waals surface area contributed by atoms with Crippen molar-refractivity contribution in [3.05, 3.63) is 60.0 Å². The molecule has 8 heteroatoms. The molecule has 3 aromatic rings. The summed E-state index contributed by atoms with van der Waals surface area (Å²) in [6.07, 6.45) is 4.90. The Morgan fingerprint density at radius 1 is 1.10 bits per heavy atom. The fourth-order valence-electron chi connectivity index (χ4n) is 2.99. The van der Waals surface area contributed by atoms with E-state index in [1.54, 1.807) is 37.6 Å². The number of nitrogens with one attached hydrogen (secondary N) is 1. The van der Waals surface area contributed by atoms with Crippen molar-refractivity contribution in [2.75, 3.05) is 19.9 Å². The zero-order valence-electron chi connectivity index (χ0n) is 17.1. The third-order valence-corrected chi connectivity index (χ3v) is 5.59. The molecule has 0 spiro atoms. The van der Waals surface area contributed by atoms with Gasteiger partial charge in [-0.25, -0.2) is 0 Å². The number of hydrogen-bond donors (Lipinski definition) is 1. The van der Waals surface area contributed by atoms with E-state index in [0.29, 0.717) is 35.1 Å². The van der Waals surface area contributed by atoms with Crippen molar-refractivity contribution in [3.63, 3.8) is 0 Å². The molecule has 3 rings (SSSR count). The van der Waals surface area contributed by atoms with Gasteiger partial charge in [0.15, 0.2) is 0 Å². The van der Waals surface area contributed by atoms with E-state index in [1.165, 1.54) is 0 Å². The molecule has 0 saturated heterocycles. The first-order valence-corrected chi connectivity index (χ1v) is 11.3. The SMILES string of the molecule is COc1ccc(-c2noc(CCCCCNC(=O)c3ccccc3S(C)=O)n2)cc1. The average molecular weight is 428 g/mol. The fourth-order valence-corrected chi connectivity index (χ4v) is 3.73. The van der Waals surface area contributed by atoms with Gasteiger partial charge < -0.3 is 14.6 Å². The maximum atomic E-state index is 12.3. The molecule has 0 fully saturated rings. The Morgan fingerprint density at radius 2 is 1.87 bits per heavy atom. The van der Waals surface area contributed by atoms with Gasteiger partial charge in [-0.1, -0.05) is 23.7 Å². The van der Waals surface area contributed by atoms with E-state index in [-0.39, 0.29) is 5.91 Å². The lowest BCUT2D eigenvalue weighted by molar-refractivity contribution is 0.0950. The molecule has 0 bridgehead atoms. The summed E-state index contributed by atoms with van der Waals surface area (Å²) in [7, 11) is 0.427. The number of rotatable bonds is 10. The largest absolute Gasteiger partial charge is 0.497 e. The minimum absolute atomic E-state index is 0.193. The Hall–Kier alpha value is -3.00. The maximum Gasteiger partial charge on any atom is 0.252 e. The van der Waals surface area contributed by atoms with E-state index in [1.807, 2.05) is 24.3 Å². The number of nitrogens with zero attached hydrogens (tertiary/aromatic N) is 2. The van der Waals surface area contributed by atoms with Crippen LogP contribution in [0.15, 0.2) is 57.9 Å². The van der Waals surface area contributed by atoms with Crippen LogP contribution in [0.2, 0.25) is 0 Å². The van der Waals surface area contributed by atoms with Crippen LogP contribution in [-0.4, -0.2) is 40.2 Å². The van der Waals surface area contributed by atoms with Gasteiger partial charge in [0, 0.05) is 24.8 Å². The van der Waals surface area contributed by atoms with Crippen LogP contribution in [0.25, 0.3) is 11.4 Å². The van der Waals surface area contributed by atoms with Gasteiger partial charge in [0.1, 0.15) is 5.75 Å². The molecule has 0 aliphatic heterocycles. The topological polar surface area (TPSA) is 94.3 Å². The lowest BCUT2D eigenvalue weighted by atomic mass is 10.1. The molecule has 1 heterocycles. The first-order chi connectivity index (χ1) is 14.6. The van der Waals surface area contributed by atoms with E-state index < -0.39 is 10.8 Å². The summed E-state index contributed by atoms with van der Waals surface area (Å²) in [5, 5.41) is 6.92. The quantitative estimate of drug-likeness (QED) is 0.497. The van der Waals surface area contributed by atoms with Crippen LogP contribution in [0.4, 0.5) is 0 Å². The standard InChI is InChI=1S/C22H25N3O4S/c1-28-17-13-11-16(12-14-17)21-24-20(29-25-21)10-4-3-7-15-23-22(26)18-8-5-6-9-19(18)30(2)27/h5-6,8-9,11-14H,3-4,7,10,15H2,1-2H3,(H,23,26). The van der Waals surface area contributed by atoms with E-state index in [4.69, 9.17) is 9.26 Å². The normalized spacial score (nSPS) is 11.8. The molecule has 0 aliphatic carbocycles. The molecule has 0 saturated carbocycles. The zero-order valence-corrected chi connectivity index (χ0v) is 17.9. The van der Waals surface area contributed by atoms with Gasteiger partial charge in [0.05, 0.1) is 28.4 Å². The number of carbonyl (C=O) groups is 1. The predicted octanol–water partition coefficient (Wildman–Crippen LogP) is 3.63. The van der Waals surface area contributed by atoms with Crippen LogP contribution in [0.1, 0.15) is 35.5 Å². The zero-order chi connectivity index (χ0) is 21.3. The molecular formula is C22H25N3O4S. The van der Waals surface area contributed by atoms with E-state index in [0.717, 1.165) is 30.6 Å². The second-order valence-electron chi connectivity index (χ2n) is 6.76. The molecule has 1 unspecified atom stereocenters. The van der Waals surface area contributed by atoms with E-state index in [9.17, 15) is 9.00 Å². The minimum atomic E-state index is -1.20. The summed E-state index contributed by atoms with van der Waals surface area (Å²) >= 11 is 0. The first kappa shape index (κ1) is 21.7. The summed E-state index contributed by atoms with van der Waals surface area (Å²) in [5.41, 5.74) is 1.34. The molecule has 0 radical (unpaired) electrons. The van der Waals surface area contributed by atoms with Crippen molar-refractivity contribution in [2.45, 2.75) is 30.6 Å². The molecule has 0 aliphatic rings. The summed E-state index contributed by atoms with van der Waals surface area (Å²) in [6, 6.07) is 14.5. The van der Waals surface area contributed by atoms with Gasteiger partial charge in [-0.15, -0.1) is 0 Å². The Bertz CT molecular complexity index is 1000. The number of benzene rings is 2. The molecule has 30 heavy (non-hydrogen) atoms. The van der Waals surface area contributed by atoms with Crippen LogP contribution in [0, 0.1) is 0 Å². The summed E-state index contributed by atoms with van der Waals surface area (Å²) in [5.74, 6) is 1.75. The van der Waals surface area contributed by atoms with Gasteiger partial charge in [-0.3, -0.25) is 9.00 Å². The molecule has 7 nitrogen and oxygen atoms in total. The maximum absolute atomic E-state index is 12.3. The van der Waals surface area contributed by atoms with Crippen molar-refractivity contribution in [1.29, 1.82) is 0 Å². The summed E-state index contributed by atoms with van der Waals surface area (Å²) in [6.45, 7) is 0.560. The van der Waals surface area contributed by atoms with Gasteiger partial charge in [-0.2, -0.15) is 4.98 Å². The van der Waals surface area contributed by atoms with Gasteiger partial charge in [-0.05, 0) is 49.2 Å². The predicted molar refractivity (Wildman–Crippen MR) is 115 cm³/mol. The highest BCUT2D eigenvalue weighted by atomic mass is 32.2. The molecule has 158 valence electrons. The number of ether oxygens (including phenoxy) is 1. The highest BCUT2D eigenvalue weighted by Crippen LogP contribution is 2.20. The average Bonchev–Trinajstić information content (AvgIpc) is 3.25. The third-order valence-electron chi connectivity index (χ3n) is 4.61. The van der Waals surface area contributed by atoms with Crippen LogP contribution in [0.5, 0.6) is 5.75 Å². The van der Waals surface area contributed by atoms with Crippen LogP contribution in [-0.2, 0) is 17.2 Å². The van der Waals surface area contributed by atoms with Crippen molar-refractivity contribution < 1.29 is 18.3 Å². The number of aromatic nitrogens is 2. The number of carbonyl (C=O) groups excluding carboxylic acids is 1. The number of hydrogen-bond acceptors (Lipinski definition) is 6. The number of aryl methyl sites for hydroxylation is 1. The van der Waals surface area contributed by atoms with E-state index >= 15 is 0 Å². The Labute approximate surface area is 178 Å². The van der Waals surface area contributed by atoms with Crippen molar-refractivity contribution in [3.8, 4) is 17.1 Å². The van der Waals surface area contributed by atoms with Crippen molar-refractivity contribution >= 4 is 16.7 Å². The lowest BCUT2D eigenvalue weighted by Gasteiger charge is -2.08. The van der Waals surface area contributed by atoms with Crippen LogP contribution < -0.4 is 10.1 Å². The Morgan fingerprint density at radius 3 is 2.60 bits per heavy atom. The molecule has 1 aromatic heterocycles. The first-order valence-electron chi connectivity index (χ1n) is 9.76. The Balaban J connectivity index is 1.39. The van der Waals surface area contributed by atoms with Crippen LogP contribution in [0.3, 0.4) is 0 Å². The van der Waals surface area contributed by atoms with Gasteiger partial charge in [0.2, 0.25) is 11.7 Å². The highest BCUT2D eigenvalue weighted by molar-refractivity contribution is 7.84. The third kappa shape index (κ3) is 5.76. The molecule has 1 amide bonds. The highest BCUT2D eigenvalue weighted by Gasteiger charge is 2.13. The molecule has 1 atom stereocenters. The smallest absolute Gasteiger partial charge is 0.252 e. The summed E-state index contributed by atoms with van der Waals surface area (Å²) < 4.78 is 22.2. The minimum Gasteiger partial charge on any atom is -0.497 e. The second-order valence-corrected chi connectivity index (χ2v) is 8.11. The van der Waals surface area contributed by atoms with Crippen molar-refractivity contribution in [2.24, 2.45) is 0 Å². The Kier molecular flexibility index (Phi) is 7.73. The molecule has 1 N–H and O–H groups in total.